The summed E-state index contributed by atoms with van der Waals surface area (Å²) in [5.74, 6) is 0.867. The molecule has 98 valence electrons. The first-order valence-electron chi connectivity index (χ1n) is 6.93. The summed E-state index contributed by atoms with van der Waals surface area (Å²) >= 11 is 6.01. The first kappa shape index (κ1) is 12.5. The molecule has 18 heavy (non-hydrogen) atoms. The molecule has 0 radical (unpaired) electrons. The van der Waals surface area contributed by atoms with Crippen molar-refractivity contribution in [2.75, 3.05) is 19.6 Å². The molecule has 0 amide bonds. The molecule has 1 N–H and O–H groups in total. The summed E-state index contributed by atoms with van der Waals surface area (Å²) in [6.07, 6.45) is 2.74. The van der Waals surface area contributed by atoms with Crippen molar-refractivity contribution in [2.24, 2.45) is 5.92 Å². The van der Waals surface area contributed by atoms with Crippen LogP contribution >= 0.6 is 11.6 Å². The fourth-order valence-electron chi connectivity index (χ4n) is 3.34. The van der Waals surface area contributed by atoms with Gasteiger partial charge in [-0.1, -0.05) is 17.7 Å². The van der Waals surface area contributed by atoms with Crippen LogP contribution in [0.15, 0.2) is 18.2 Å². The number of fused-ring (bicyclic) bond motifs is 1. The van der Waals surface area contributed by atoms with E-state index < -0.39 is 0 Å². The van der Waals surface area contributed by atoms with E-state index in [4.69, 9.17) is 11.6 Å². The summed E-state index contributed by atoms with van der Waals surface area (Å²) in [5, 5.41) is 4.50. The largest absolute Gasteiger partial charge is 0.312 e. The number of piperidine rings is 1. The van der Waals surface area contributed by atoms with Crippen molar-refractivity contribution in [3.05, 3.63) is 34.3 Å². The molecule has 1 aromatic carbocycles. The lowest BCUT2D eigenvalue weighted by molar-refractivity contribution is 0.312. The minimum atomic E-state index is 0.728. The monoisotopic (exact) mass is 264 g/mol. The molecule has 0 bridgehead atoms. The van der Waals surface area contributed by atoms with E-state index in [0.29, 0.717) is 0 Å². The zero-order chi connectivity index (χ0) is 12.5. The predicted octanol–water partition coefficient (Wildman–Crippen LogP) is 2.83. The molecular formula is C15H21ClN2. The van der Waals surface area contributed by atoms with Gasteiger partial charge in [0.25, 0.3) is 0 Å². The van der Waals surface area contributed by atoms with Crippen LogP contribution in [0.5, 0.6) is 0 Å². The molecule has 0 saturated carbocycles. The van der Waals surface area contributed by atoms with Crippen LogP contribution in [0, 0.1) is 12.8 Å². The number of rotatable bonds is 2. The van der Waals surface area contributed by atoms with Crippen LogP contribution < -0.4 is 5.32 Å². The van der Waals surface area contributed by atoms with E-state index in [9.17, 15) is 0 Å². The molecule has 2 nitrogen and oxygen atoms in total. The van der Waals surface area contributed by atoms with Crippen molar-refractivity contribution < 1.29 is 0 Å². The van der Waals surface area contributed by atoms with Gasteiger partial charge in [0.1, 0.15) is 0 Å². The minimum Gasteiger partial charge on any atom is -0.312 e. The Morgan fingerprint density at radius 3 is 3.06 bits per heavy atom. The number of halogens is 1. The molecule has 1 aromatic rings. The predicted molar refractivity (Wildman–Crippen MR) is 76.0 cm³/mol. The van der Waals surface area contributed by atoms with E-state index in [1.165, 1.54) is 43.6 Å². The lowest BCUT2D eigenvalue weighted by Crippen LogP contribution is -2.40. The van der Waals surface area contributed by atoms with Gasteiger partial charge in [-0.3, -0.25) is 4.90 Å². The van der Waals surface area contributed by atoms with Crippen LogP contribution in [-0.4, -0.2) is 30.6 Å². The maximum absolute atomic E-state index is 6.01. The molecule has 2 aliphatic heterocycles. The van der Waals surface area contributed by atoms with Crippen molar-refractivity contribution in [1.29, 1.82) is 0 Å². The van der Waals surface area contributed by atoms with Crippen LogP contribution in [0.1, 0.15) is 24.0 Å². The second-order valence-corrected chi connectivity index (χ2v) is 6.16. The van der Waals surface area contributed by atoms with Gasteiger partial charge in [-0.25, -0.2) is 0 Å². The van der Waals surface area contributed by atoms with Gasteiger partial charge in [-0.05, 0) is 55.5 Å². The molecule has 0 aromatic heterocycles. The van der Waals surface area contributed by atoms with Crippen LogP contribution in [0.2, 0.25) is 5.02 Å². The highest BCUT2D eigenvalue weighted by Gasteiger charge is 2.33. The van der Waals surface area contributed by atoms with Crippen LogP contribution in [0.3, 0.4) is 0 Å². The smallest absolute Gasteiger partial charge is 0.0408 e. The average molecular weight is 265 g/mol. The first-order valence-corrected chi connectivity index (χ1v) is 7.31. The van der Waals surface area contributed by atoms with Crippen LogP contribution in [0.4, 0.5) is 0 Å². The molecule has 2 aliphatic rings. The second kappa shape index (κ2) is 5.20. The van der Waals surface area contributed by atoms with Crippen molar-refractivity contribution in [1.82, 2.24) is 10.2 Å². The Hall–Kier alpha value is -0.570. The van der Waals surface area contributed by atoms with E-state index >= 15 is 0 Å². The van der Waals surface area contributed by atoms with Gasteiger partial charge >= 0.3 is 0 Å². The number of hydrogen-bond donors (Lipinski definition) is 1. The normalized spacial score (nSPS) is 28.3. The number of nitrogens with one attached hydrogen (secondary N) is 1. The summed E-state index contributed by atoms with van der Waals surface area (Å²) in [6, 6.07) is 6.97. The number of aryl methyl sites for hydroxylation is 1. The number of likely N-dealkylation sites (tertiary alicyclic amines) is 1. The summed E-state index contributed by atoms with van der Waals surface area (Å²) in [4.78, 5) is 2.59. The maximum Gasteiger partial charge on any atom is 0.0408 e. The molecule has 0 unspecified atom stereocenters. The maximum atomic E-state index is 6.01. The third-order valence-electron chi connectivity index (χ3n) is 4.37. The Labute approximate surface area is 114 Å². The summed E-state index contributed by atoms with van der Waals surface area (Å²) in [7, 11) is 0. The first-order chi connectivity index (χ1) is 8.72. The number of hydrogen-bond acceptors (Lipinski definition) is 2. The Morgan fingerprint density at radius 1 is 1.39 bits per heavy atom. The van der Waals surface area contributed by atoms with Gasteiger partial charge in [0, 0.05) is 30.7 Å². The molecule has 2 atom stereocenters. The lowest BCUT2D eigenvalue weighted by atomic mass is 9.94. The Morgan fingerprint density at radius 2 is 2.28 bits per heavy atom. The van der Waals surface area contributed by atoms with E-state index in [-0.39, 0.29) is 0 Å². The SMILES string of the molecule is Cc1cc(Cl)ccc1CN1C[C@@H]2CCCN[C@@H]2C1. The number of nitrogens with zero attached hydrogens (tertiary/aromatic N) is 1. The molecule has 0 aliphatic carbocycles. The highest BCUT2D eigenvalue weighted by atomic mass is 35.5. The summed E-state index contributed by atoms with van der Waals surface area (Å²) in [5.41, 5.74) is 2.73. The fourth-order valence-corrected chi connectivity index (χ4v) is 3.57. The van der Waals surface area contributed by atoms with E-state index in [0.717, 1.165) is 23.5 Å². The van der Waals surface area contributed by atoms with Crippen LogP contribution in [-0.2, 0) is 6.54 Å². The van der Waals surface area contributed by atoms with Gasteiger partial charge in [-0.15, -0.1) is 0 Å². The third kappa shape index (κ3) is 2.56. The van der Waals surface area contributed by atoms with Crippen molar-refractivity contribution in [3.63, 3.8) is 0 Å². The lowest BCUT2D eigenvalue weighted by Gasteiger charge is -2.24. The molecular weight excluding hydrogens is 244 g/mol. The molecule has 3 rings (SSSR count). The number of benzene rings is 1. The van der Waals surface area contributed by atoms with Crippen molar-refractivity contribution in [2.45, 2.75) is 32.4 Å². The average Bonchev–Trinajstić information content (AvgIpc) is 2.75. The highest BCUT2D eigenvalue weighted by molar-refractivity contribution is 6.30. The molecule has 2 saturated heterocycles. The van der Waals surface area contributed by atoms with Gasteiger partial charge in [0.15, 0.2) is 0 Å². The topological polar surface area (TPSA) is 15.3 Å². The fraction of sp³-hybridized carbons (Fsp3) is 0.600. The quantitative estimate of drug-likeness (QED) is 0.884. The Bertz CT molecular complexity index is 419. The van der Waals surface area contributed by atoms with E-state index in [1.807, 2.05) is 6.07 Å². The van der Waals surface area contributed by atoms with Gasteiger partial charge < -0.3 is 5.32 Å². The van der Waals surface area contributed by atoms with E-state index in [2.05, 4.69) is 29.3 Å². The van der Waals surface area contributed by atoms with Gasteiger partial charge in [0.2, 0.25) is 0 Å². The standard InChI is InChI=1S/C15H21ClN2/c1-11-7-14(16)5-4-12(11)8-18-9-13-3-2-6-17-15(13)10-18/h4-5,7,13,15,17H,2-3,6,8-10H2,1H3/t13-,15+/m0/s1. The zero-order valence-electron chi connectivity index (χ0n) is 11.0. The Kier molecular flexibility index (Phi) is 3.60. The van der Waals surface area contributed by atoms with Crippen LogP contribution in [0.25, 0.3) is 0 Å². The Balaban J connectivity index is 1.66. The van der Waals surface area contributed by atoms with E-state index in [1.54, 1.807) is 0 Å². The summed E-state index contributed by atoms with van der Waals surface area (Å²) < 4.78 is 0. The summed E-state index contributed by atoms with van der Waals surface area (Å²) in [6.45, 7) is 6.88. The molecule has 3 heteroatoms. The van der Waals surface area contributed by atoms with Crippen molar-refractivity contribution >= 4 is 11.6 Å². The minimum absolute atomic E-state index is 0.728. The third-order valence-corrected chi connectivity index (χ3v) is 4.61. The van der Waals surface area contributed by atoms with Crippen molar-refractivity contribution in [3.8, 4) is 0 Å². The molecule has 2 fully saturated rings. The van der Waals surface area contributed by atoms with Gasteiger partial charge in [-0.2, -0.15) is 0 Å². The zero-order valence-corrected chi connectivity index (χ0v) is 11.7. The molecule has 0 spiro atoms. The van der Waals surface area contributed by atoms with Gasteiger partial charge in [0.05, 0.1) is 0 Å². The highest BCUT2D eigenvalue weighted by Crippen LogP contribution is 2.27. The molecule has 2 heterocycles. The second-order valence-electron chi connectivity index (χ2n) is 5.73.